The predicted octanol–water partition coefficient (Wildman–Crippen LogP) is 2.07. The van der Waals surface area contributed by atoms with Crippen molar-refractivity contribution in [3.8, 4) is 0 Å². The molecule has 0 aliphatic rings. The van der Waals surface area contributed by atoms with Gasteiger partial charge in [-0.3, -0.25) is 20.3 Å². The van der Waals surface area contributed by atoms with Crippen LogP contribution in [-0.4, -0.2) is 24.1 Å². The summed E-state index contributed by atoms with van der Waals surface area (Å²) < 4.78 is 9.70. The van der Waals surface area contributed by atoms with Crippen LogP contribution in [0, 0.1) is 10.1 Å². The molecule has 0 amide bonds. The third-order valence-corrected chi connectivity index (χ3v) is 3.15. The van der Waals surface area contributed by atoms with E-state index in [0.29, 0.717) is 0 Å². The Morgan fingerprint density at radius 3 is 2.52 bits per heavy atom. The highest BCUT2D eigenvalue weighted by Crippen LogP contribution is 2.27. The van der Waals surface area contributed by atoms with E-state index in [9.17, 15) is 20.0 Å². The van der Waals surface area contributed by atoms with E-state index in [2.05, 4.69) is 10.9 Å². The quantitative estimate of drug-likeness (QED) is 0.276. The second-order valence-corrected chi connectivity index (χ2v) is 5.11. The molecule has 0 radical (unpaired) electrons. The average molecular weight is 373 g/mol. The van der Waals surface area contributed by atoms with Crippen LogP contribution in [0.25, 0.3) is 0 Å². The standard InChI is InChI=1S/C15H20ClN3O6/c1-3-24-14(20)8-7-12(15(21)25-4-2)18-17-11-6-5-10(16)9-13(11)19(22)23/h5-6,9,17-18,21H,3-4,7-8H2,1-2H3/p-1. The van der Waals surface area contributed by atoms with E-state index in [0.717, 1.165) is 0 Å². The van der Waals surface area contributed by atoms with Gasteiger partial charge in [-0.1, -0.05) is 18.5 Å². The molecule has 0 heterocycles. The number of allylic oxidation sites excluding steroid dienone is 1. The number of nitro groups is 1. The first-order valence-corrected chi connectivity index (χ1v) is 7.91. The van der Waals surface area contributed by atoms with Gasteiger partial charge in [-0.25, -0.2) is 0 Å². The van der Waals surface area contributed by atoms with Crippen molar-refractivity contribution in [2.75, 3.05) is 18.6 Å². The molecule has 0 aliphatic carbocycles. The number of nitro benzene ring substituents is 1. The molecule has 0 aliphatic heterocycles. The lowest BCUT2D eigenvalue weighted by Gasteiger charge is -2.21. The van der Waals surface area contributed by atoms with Gasteiger partial charge in [0.2, 0.25) is 0 Å². The number of rotatable bonds is 10. The number of benzene rings is 1. The average Bonchev–Trinajstić information content (AvgIpc) is 2.56. The summed E-state index contributed by atoms with van der Waals surface area (Å²) in [4.78, 5) is 21.9. The Labute approximate surface area is 149 Å². The maximum atomic E-state index is 11.9. The summed E-state index contributed by atoms with van der Waals surface area (Å²) in [6.45, 7) is 3.69. The molecule has 138 valence electrons. The number of hydrogen-bond donors (Lipinski definition) is 2. The maximum Gasteiger partial charge on any atom is 0.306 e. The number of hydrazine groups is 1. The van der Waals surface area contributed by atoms with Gasteiger partial charge in [-0.2, -0.15) is 0 Å². The van der Waals surface area contributed by atoms with Crippen molar-refractivity contribution in [1.82, 2.24) is 5.43 Å². The molecule has 2 N–H and O–H groups in total. The molecule has 0 spiro atoms. The molecule has 0 fully saturated rings. The normalized spacial score (nSPS) is 11.3. The van der Waals surface area contributed by atoms with E-state index in [4.69, 9.17) is 21.1 Å². The van der Waals surface area contributed by atoms with Crippen molar-refractivity contribution in [3.63, 3.8) is 0 Å². The molecule has 0 unspecified atom stereocenters. The van der Waals surface area contributed by atoms with Crippen LogP contribution in [0.15, 0.2) is 29.8 Å². The Morgan fingerprint density at radius 2 is 1.92 bits per heavy atom. The van der Waals surface area contributed by atoms with Gasteiger partial charge in [-0.15, -0.1) is 0 Å². The van der Waals surface area contributed by atoms with E-state index in [1.807, 2.05) is 0 Å². The van der Waals surface area contributed by atoms with Crippen LogP contribution >= 0.6 is 11.6 Å². The van der Waals surface area contributed by atoms with Crippen molar-refractivity contribution in [2.24, 2.45) is 0 Å². The SMILES string of the molecule is CCOC(=O)CCC(NNc1ccc(Cl)cc1[N+](=O)[O-])=C([O-])OCC. The minimum absolute atomic E-state index is 0.0199. The fourth-order valence-corrected chi connectivity index (χ4v) is 1.96. The molecular formula is C15H19ClN3O6-. The van der Waals surface area contributed by atoms with Crippen molar-refractivity contribution < 1.29 is 24.3 Å². The van der Waals surface area contributed by atoms with Gasteiger partial charge in [-0.05, 0) is 25.7 Å². The number of nitrogens with one attached hydrogen (secondary N) is 2. The summed E-state index contributed by atoms with van der Waals surface area (Å²) in [5, 5.41) is 23.2. The third-order valence-electron chi connectivity index (χ3n) is 2.91. The molecule has 0 saturated heterocycles. The molecule has 9 nitrogen and oxygen atoms in total. The topological polar surface area (TPSA) is 126 Å². The van der Waals surface area contributed by atoms with Crippen LogP contribution < -0.4 is 16.0 Å². The van der Waals surface area contributed by atoms with E-state index < -0.39 is 16.8 Å². The zero-order valence-corrected chi connectivity index (χ0v) is 14.6. The number of halogens is 1. The molecule has 10 heteroatoms. The predicted molar refractivity (Wildman–Crippen MR) is 89.4 cm³/mol. The second-order valence-electron chi connectivity index (χ2n) is 4.67. The minimum Gasteiger partial charge on any atom is -0.612 e. The number of carbonyl (C=O) groups excluding carboxylic acids is 1. The molecule has 0 saturated carbocycles. The summed E-state index contributed by atoms with van der Waals surface area (Å²) in [7, 11) is 0. The summed E-state index contributed by atoms with van der Waals surface area (Å²) in [5.74, 6) is -1.14. The Kier molecular flexibility index (Phi) is 8.34. The molecule has 1 rings (SSSR count). The zero-order valence-electron chi connectivity index (χ0n) is 13.8. The highest BCUT2D eigenvalue weighted by molar-refractivity contribution is 6.30. The number of ether oxygens (including phenoxy) is 2. The lowest BCUT2D eigenvalue weighted by Crippen LogP contribution is -2.27. The van der Waals surface area contributed by atoms with Gasteiger partial charge in [0, 0.05) is 17.5 Å². The molecule has 25 heavy (non-hydrogen) atoms. The van der Waals surface area contributed by atoms with E-state index >= 15 is 0 Å². The summed E-state index contributed by atoms with van der Waals surface area (Å²) in [6.07, 6.45) is -0.0224. The number of anilines is 1. The van der Waals surface area contributed by atoms with Crippen molar-refractivity contribution in [1.29, 1.82) is 0 Å². The van der Waals surface area contributed by atoms with E-state index in [1.54, 1.807) is 13.8 Å². The highest BCUT2D eigenvalue weighted by atomic mass is 35.5. The molecule has 1 aromatic rings. The molecule has 0 bridgehead atoms. The van der Waals surface area contributed by atoms with Gasteiger partial charge in [0.05, 0.1) is 29.6 Å². The van der Waals surface area contributed by atoms with Gasteiger partial charge < -0.3 is 20.0 Å². The fraction of sp³-hybridized carbons (Fsp3) is 0.400. The fourth-order valence-electron chi connectivity index (χ4n) is 1.80. The number of carbonyl (C=O) groups is 1. The summed E-state index contributed by atoms with van der Waals surface area (Å²) in [5.41, 5.74) is 5.02. The van der Waals surface area contributed by atoms with Gasteiger partial charge >= 0.3 is 5.97 Å². The Bertz CT molecular complexity index is 650. The monoisotopic (exact) mass is 372 g/mol. The summed E-state index contributed by atoms with van der Waals surface area (Å²) in [6, 6.07) is 4.02. The van der Waals surface area contributed by atoms with Crippen LogP contribution in [0.4, 0.5) is 11.4 Å². The van der Waals surface area contributed by atoms with Crippen molar-refractivity contribution in [3.05, 3.63) is 45.0 Å². The van der Waals surface area contributed by atoms with Gasteiger partial charge in [0.25, 0.3) is 5.69 Å². The Balaban J connectivity index is 2.87. The first kappa shape index (κ1) is 20.4. The smallest absolute Gasteiger partial charge is 0.306 e. The second kappa shape index (κ2) is 10.2. The highest BCUT2D eigenvalue weighted by Gasteiger charge is 2.15. The van der Waals surface area contributed by atoms with E-state index in [1.165, 1.54) is 18.2 Å². The van der Waals surface area contributed by atoms with Gasteiger partial charge in [0.1, 0.15) is 5.69 Å². The lowest BCUT2D eigenvalue weighted by atomic mass is 10.2. The van der Waals surface area contributed by atoms with Crippen molar-refractivity contribution in [2.45, 2.75) is 26.7 Å². The van der Waals surface area contributed by atoms with Crippen LogP contribution in [-0.2, 0) is 14.3 Å². The first-order chi connectivity index (χ1) is 11.9. The third kappa shape index (κ3) is 6.76. The van der Waals surface area contributed by atoms with Gasteiger partial charge in [0.15, 0.2) is 0 Å². The van der Waals surface area contributed by atoms with Crippen LogP contribution in [0.1, 0.15) is 26.7 Å². The Morgan fingerprint density at radius 1 is 1.24 bits per heavy atom. The zero-order chi connectivity index (χ0) is 18.8. The first-order valence-electron chi connectivity index (χ1n) is 7.53. The molecular weight excluding hydrogens is 354 g/mol. The lowest BCUT2D eigenvalue weighted by molar-refractivity contribution is -0.384. The number of nitrogens with zero attached hydrogens (tertiary/aromatic N) is 1. The molecule has 1 aromatic carbocycles. The van der Waals surface area contributed by atoms with Crippen molar-refractivity contribution >= 4 is 28.9 Å². The van der Waals surface area contributed by atoms with Crippen LogP contribution in [0.3, 0.4) is 0 Å². The largest absolute Gasteiger partial charge is 0.612 e. The molecule has 0 atom stereocenters. The maximum absolute atomic E-state index is 11.9. The van der Waals surface area contributed by atoms with Crippen LogP contribution in [0.2, 0.25) is 5.02 Å². The molecule has 0 aromatic heterocycles. The Hall–Kier alpha value is -2.68. The number of esters is 1. The van der Waals surface area contributed by atoms with Crippen LogP contribution in [0.5, 0.6) is 0 Å². The minimum atomic E-state index is -0.670. The van der Waals surface area contributed by atoms with E-state index in [-0.39, 0.29) is 48.1 Å². The summed E-state index contributed by atoms with van der Waals surface area (Å²) >= 11 is 5.75. The number of hydrogen-bond acceptors (Lipinski definition) is 8.